The minimum Gasteiger partial charge on any atom is -0.312 e. The second-order valence-electron chi connectivity index (χ2n) is 10.4. The van der Waals surface area contributed by atoms with E-state index in [2.05, 4.69) is 70.3 Å². The molecule has 5 heteroatoms. The zero-order valence-electron chi connectivity index (χ0n) is 19.5. The van der Waals surface area contributed by atoms with E-state index in [0.717, 1.165) is 12.0 Å². The van der Waals surface area contributed by atoms with Crippen molar-refractivity contribution in [1.82, 2.24) is 5.32 Å². The van der Waals surface area contributed by atoms with Gasteiger partial charge < -0.3 is 5.32 Å². The number of rotatable bonds is 4. The Morgan fingerprint density at radius 1 is 1.00 bits per heavy atom. The van der Waals surface area contributed by atoms with Crippen LogP contribution in [0.3, 0.4) is 0 Å². The van der Waals surface area contributed by atoms with Gasteiger partial charge in [0.05, 0.1) is 5.70 Å². The Labute approximate surface area is 198 Å². The maximum atomic E-state index is 12.0. The van der Waals surface area contributed by atoms with E-state index in [0.29, 0.717) is 11.6 Å². The molecule has 3 nitrogen and oxygen atoms in total. The number of carbonyl (C=O) groups excluding carboxylic acids is 2. The maximum absolute atomic E-state index is 12.0. The lowest BCUT2D eigenvalue weighted by atomic mass is 9.62. The molecule has 2 atom stereocenters. The summed E-state index contributed by atoms with van der Waals surface area (Å²) in [5, 5.41) is 1.92. The highest BCUT2D eigenvalue weighted by Gasteiger charge is 2.37. The third kappa shape index (κ3) is 4.38. The van der Waals surface area contributed by atoms with E-state index in [1.165, 1.54) is 35.1 Å². The summed E-state index contributed by atoms with van der Waals surface area (Å²) in [6.07, 6.45) is 5.11. The number of amides is 1. The Morgan fingerprint density at radius 3 is 2.22 bits per heavy atom. The van der Waals surface area contributed by atoms with Gasteiger partial charge >= 0.3 is 0 Å². The monoisotopic (exact) mass is 465 g/mol. The Morgan fingerprint density at radius 2 is 1.62 bits per heavy atom. The van der Waals surface area contributed by atoms with Crippen molar-refractivity contribution in [3.05, 3.63) is 76.0 Å². The van der Waals surface area contributed by atoms with Crippen molar-refractivity contribution >= 4 is 37.1 Å². The Bertz CT molecular complexity index is 1140. The average molecular weight is 466 g/mol. The molecule has 1 fully saturated rings. The van der Waals surface area contributed by atoms with Gasteiger partial charge in [-0.05, 0) is 81.1 Å². The van der Waals surface area contributed by atoms with Crippen LogP contribution in [0.15, 0.2) is 48.2 Å². The number of hydrogen-bond donors (Lipinski definition) is 1. The average Bonchev–Trinajstić information content (AvgIpc) is 2.99. The van der Waals surface area contributed by atoms with E-state index < -0.39 is 9.45 Å². The van der Waals surface area contributed by atoms with Crippen LogP contribution in [0.5, 0.6) is 0 Å². The first-order valence-electron chi connectivity index (χ1n) is 11.2. The lowest BCUT2D eigenvalue weighted by molar-refractivity contribution is -0.107. The first-order valence-corrected chi connectivity index (χ1v) is 13.4. The predicted molar refractivity (Wildman–Crippen MR) is 137 cm³/mol. The van der Waals surface area contributed by atoms with Crippen LogP contribution < -0.4 is 5.32 Å². The molecule has 0 radical (unpaired) electrons. The fraction of sp³-hybridized carbons (Fsp3) is 0.407. The molecule has 2 unspecified atom stereocenters. The molecule has 32 heavy (non-hydrogen) atoms. The van der Waals surface area contributed by atoms with Crippen molar-refractivity contribution < 1.29 is 9.59 Å². The lowest BCUT2D eigenvalue weighted by Crippen LogP contribution is -2.34. The summed E-state index contributed by atoms with van der Waals surface area (Å²) in [5.74, 6) is 0.406. The molecular formula is C27H31NO2S2. The SMILES string of the molecule is CC(Cc1ccc(C=C2NC(=O)S(=S)C2=O)cc1)c1ccc2c(c1)C(C)(C)CCC2(C)C. The lowest BCUT2D eigenvalue weighted by Gasteiger charge is -2.42. The number of nitrogens with one attached hydrogen (secondary N) is 1. The van der Waals surface area contributed by atoms with Gasteiger partial charge in [0, 0.05) is 9.45 Å². The summed E-state index contributed by atoms with van der Waals surface area (Å²) in [5.41, 5.74) is 7.28. The molecule has 1 aliphatic heterocycles. The number of benzene rings is 2. The summed E-state index contributed by atoms with van der Waals surface area (Å²) >= 11 is 4.94. The molecule has 0 bridgehead atoms. The van der Waals surface area contributed by atoms with Crippen LogP contribution in [0.2, 0.25) is 0 Å². The minimum atomic E-state index is -1.29. The van der Waals surface area contributed by atoms with Crippen LogP contribution in [0, 0.1) is 0 Å². The molecule has 2 aromatic rings. The predicted octanol–water partition coefficient (Wildman–Crippen LogP) is 6.05. The van der Waals surface area contributed by atoms with Crippen molar-refractivity contribution in [1.29, 1.82) is 0 Å². The summed E-state index contributed by atoms with van der Waals surface area (Å²) in [7, 11) is -1.29. The highest BCUT2D eigenvalue weighted by molar-refractivity contribution is 8.46. The zero-order chi connectivity index (χ0) is 23.3. The topological polar surface area (TPSA) is 46.2 Å². The molecule has 168 valence electrons. The highest BCUT2D eigenvalue weighted by Crippen LogP contribution is 2.46. The van der Waals surface area contributed by atoms with Gasteiger partial charge in [-0.1, -0.05) is 77.1 Å². The normalized spacial score (nSPS) is 23.7. The standard InChI is InChI=1S/C27H31NO2S2/c1-17(20-10-11-21-22(16-20)27(4,5)13-12-26(21,2)3)14-18-6-8-19(9-7-18)15-23-24(29)32(31)25(30)28-23/h6-11,15-17H,12-14H2,1-5H3,(H,28,30). The molecule has 2 aliphatic rings. The van der Waals surface area contributed by atoms with Crippen molar-refractivity contribution in [3.8, 4) is 0 Å². The Kier molecular flexibility index (Phi) is 6.01. The zero-order valence-corrected chi connectivity index (χ0v) is 21.1. The van der Waals surface area contributed by atoms with Crippen LogP contribution >= 0.6 is 0 Å². The molecule has 1 saturated heterocycles. The van der Waals surface area contributed by atoms with E-state index in [9.17, 15) is 9.59 Å². The van der Waals surface area contributed by atoms with Crippen molar-refractivity contribution in [2.75, 3.05) is 0 Å². The van der Waals surface area contributed by atoms with E-state index in [1.54, 1.807) is 6.08 Å². The first-order chi connectivity index (χ1) is 15.0. The van der Waals surface area contributed by atoms with Gasteiger partial charge in [0.1, 0.15) is 0 Å². The third-order valence-corrected chi connectivity index (χ3v) is 8.98. The van der Waals surface area contributed by atoms with Crippen LogP contribution in [0.4, 0.5) is 4.79 Å². The fourth-order valence-electron chi connectivity index (χ4n) is 4.79. The second-order valence-corrected chi connectivity index (χ2v) is 12.7. The molecule has 0 saturated carbocycles. The van der Waals surface area contributed by atoms with E-state index >= 15 is 0 Å². The van der Waals surface area contributed by atoms with Crippen molar-refractivity contribution in [2.24, 2.45) is 0 Å². The molecule has 0 spiro atoms. The molecule has 1 N–H and O–H groups in total. The van der Waals surface area contributed by atoms with Gasteiger partial charge in [0.2, 0.25) is 5.12 Å². The largest absolute Gasteiger partial charge is 0.312 e. The van der Waals surface area contributed by atoms with Crippen LogP contribution in [0.25, 0.3) is 6.08 Å². The van der Waals surface area contributed by atoms with Crippen molar-refractivity contribution in [2.45, 2.75) is 70.6 Å². The van der Waals surface area contributed by atoms with E-state index in [-0.39, 0.29) is 21.2 Å². The summed E-state index contributed by atoms with van der Waals surface area (Å²) < 4.78 is 0. The summed E-state index contributed by atoms with van der Waals surface area (Å²) in [6, 6.07) is 15.3. The molecule has 4 rings (SSSR count). The molecule has 2 aromatic carbocycles. The van der Waals surface area contributed by atoms with Crippen molar-refractivity contribution in [3.63, 3.8) is 0 Å². The number of hydrogen-bond acceptors (Lipinski definition) is 3. The number of carbonyl (C=O) groups is 2. The second kappa shape index (κ2) is 8.35. The Hall–Kier alpha value is -2.11. The molecular weight excluding hydrogens is 434 g/mol. The van der Waals surface area contributed by atoms with Crippen LogP contribution in [-0.4, -0.2) is 10.4 Å². The summed E-state index contributed by atoms with van der Waals surface area (Å²) in [6.45, 7) is 11.8. The smallest absolute Gasteiger partial charge is 0.295 e. The van der Waals surface area contributed by atoms with Gasteiger partial charge in [-0.25, -0.2) is 0 Å². The van der Waals surface area contributed by atoms with Gasteiger partial charge in [0.15, 0.2) is 0 Å². The van der Waals surface area contributed by atoms with E-state index in [1.807, 2.05) is 12.1 Å². The van der Waals surface area contributed by atoms with Crippen LogP contribution in [-0.2, 0) is 42.7 Å². The maximum Gasteiger partial charge on any atom is 0.295 e. The first kappa shape index (κ1) is 23.1. The quantitative estimate of drug-likeness (QED) is 0.559. The molecule has 1 aliphatic carbocycles. The van der Waals surface area contributed by atoms with Gasteiger partial charge in [-0.2, -0.15) is 0 Å². The molecule has 0 aromatic heterocycles. The van der Waals surface area contributed by atoms with Gasteiger partial charge in [-0.3, -0.25) is 9.59 Å². The number of fused-ring (bicyclic) bond motifs is 1. The highest BCUT2D eigenvalue weighted by atomic mass is 32.8. The summed E-state index contributed by atoms with van der Waals surface area (Å²) in [4.78, 5) is 23.6. The Balaban J connectivity index is 1.51. The minimum absolute atomic E-state index is 0.216. The van der Waals surface area contributed by atoms with Crippen LogP contribution in [0.1, 0.15) is 81.2 Å². The molecule has 1 amide bonds. The fourth-order valence-corrected chi connectivity index (χ4v) is 5.86. The van der Waals surface area contributed by atoms with E-state index in [4.69, 9.17) is 11.2 Å². The molecule has 1 heterocycles. The van der Waals surface area contributed by atoms with Gasteiger partial charge in [-0.15, -0.1) is 0 Å². The third-order valence-electron chi connectivity index (χ3n) is 7.07. The van der Waals surface area contributed by atoms with Gasteiger partial charge in [0.25, 0.3) is 5.24 Å².